The molecule has 1 atom stereocenters. The van der Waals surface area contributed by atoms with E-state index >= 15 is 0 Å². The summed E-state index contributed by atoms with van der Waals surface area (Å²) in [5.41, 5.74) is -0.254. The first-order chi connectivity index (χ1) is 8.38. The minimum absolute atomic E-state index is 0.0620. The van der Waals surface area contributed by atoms with E-state index in [0.717, 1.165) is 0 Å². The predicted molar refractivity (Wildman–Crippen MR) is 80.6 cm³/mol. The van der Waals surface area contributed by atoms with Crippen LogP contribution in [0.25, 0.3) is 0 Å². The lowest BCUT2D eigenvalue weighted by Crippen LogP contribution is -2.43. The van der Waals surface area contributed by atoms with Crippen LogP contribution in [0.2, 0.25) is 5.82 Å². The zero-order chi connectivity index (χ0) is 14.8. The van der Waals surface area contributed by atoms with Gasteiger partial charge in [-0.1, -0.05) is 27.7 Å². The van der Waals surface area contributed by atoms with Gasteiger partial charge >= 0.3 is 7.12 Å². The van der Waals surface area contributed by atoms with Crippen LogP contribution in [-0.2, 0) is 9.31 Å². The zero-order valence-electron chi connectivity index (χ0n) is 13.3. The lowest BCUT2D eigenvalue weighted by Gasteiger charge is -2.34. The molecule has 1 unspecified atom stereocenters. The molecule has 0 heterocycles. The number of hydrogen-bond donors (Lipinski definition) is 2. The minimum Gasteiger partial charge on any atom is -0.413 e. The van der Waals surface area contributed by atoms with Gasteiger partial charge in [0.15, 0.2) is 0 Å². The quantitative estimate of drug-likeness (QED) is 0.520. The molecule has 4 nitrogen and oxygen atoms in total. The molecule has 2 N–H and O–H groups in total. The molecular weight excluding hydrogens is 227 g/mol. The predicted octanol–water partition coefficient (Wildman–Crippen LogP) is 2.84. The van der Waals surface area contributed by atoms with Gasteiger partial charge in [0.1, 0.15) is 0 Å². The molecule has 0 aromatic heterocycles. The van der Waals surface area contributed by atoms with Crippen LogP contribution in [0, 0.1) is 11.3 Å². The number of rotatable bonds is 8. The molecule has 0 fully saturated rings. The summed E-state index contributed by atoms with van der Waals surface area (Å²) in [5, 5.41) is 10.4. The van der Waals surface area contributed by atoms with E-state index in [1.807, 2.05) is 34.7 Å². The third-order valence-corrected chi connectivity index (χ3v) is 3.05. The first kappa shape index (κ1) is 19.9. The van der Waals surface area contributed by atoms with Crippen molar-refractivity contribution in [1.82, 2.24) is 5.32 Å². The SMILES string of the molecule is CC.CNCC(C=N)B(OC)OC(C)(C)C(C)C. The first-order valence-electron chi connectivity index (χ1n) is 6.74. The molecule has 108 valence electrons. The summed E-state index contributed by atoms with van der Waals surface area (Å²) in [7, 11) is 3.10. The van der Waals surface area contributed by atoms with Crippen molar-refractivity contribution in [2.75, 3.05) is 20.7 Å². The van der Waals surface area contributed by atoms with E-state index in [4.69, 9.17) is 14.7 Å². The highest BCUT2D eigenvalue weighted by Crippen LogP contribution is 2.24. The molecule has 0 spiro atoms. The number of nitrogens with one attached hydrogen (secondary N) is 2. The van der Waals surface area contributed by atoms with E-state index in [-0.39, 0.29) is 18.5 Å². The van der Waals surface area contributed by atoms with Crippen LogP contribution in [0.4, 0.5) is 0 Å². The summed E-state index contributed by atoms with van der Waals surface area (Å²) in [5.74, 6) is 0.333. The van der Waals surface area contributed by atoms with E-state index in [9.17, 15) is 0 Å². The Morgan fingerprint density at radius 1 is 1.33 bits per heavy atom. The van der Waals surface area contributed by atoms with Gasteiger partial charge in [-0.05, 0) is 33.0 Å². The van der Waals surface area contributed by atoms with Gasteiger partial charge in [0.2, 0.25) is 0 Å². The Hall–Kier alpha value is -0.385. The van der Waals surface area contributed by atoms with Crippen LogP contribution >= 0.6 is 0 Å². The molecule has 0 radical (unpaired) electrons. The highest BCUT2D eigenvalue weighted by molar-refractivity contribution is 6.50. The molecular formula is C13H31BN2O2. The van der Waals surface area contributed by atoms with E-state index < -0.39 is 0 Å². The van der Waals surface area contributed by atoms with Gasteiger partial charge in [-0.25, -0.2) is 0 Å². The van der Waals surface area contributed by atoms with Crippen LogP contribution in [-0.4, -0.2) is 39.6 Å². The Balaban J connectivity index is 0. The van der Waals surface area contributed by atoms with Crippen LogP contribution in [0.5, 0.6) is 0 Å². The summed E-state index contributed by atoms with van der Waals surface area (Å²) in [6.45, 7) is 13.0. The maximum absolute atomic E-state index is 7.39. The van der Waals surface area contributed by atoms with Crippen LogP contribution < -0.4 is 5.32 Å². The lowest BCUT2D eigenvalue weighted by molar-refractivity contribution is 0.0310. The summed E-state index contributed by atoms with van der Waals surface area (Å²) in [6.07, 6.45) is 1.38. The molecule has 0 aliphatic rings. The van der Waals surface area contributed by atoms with Crippen LogP contribution in [0.15, 0.2) is 0 Å². The third kappa shape index (κ3) is 7.14. The van der Waals surface area contributed by atoms with E-state index in [1.54, 1.807) is 7.11 Å². The molecule has 0 amide bonds. The van der Waals surface area contributed by atoms with Gasteiger partial charge in [0.25, 0.3) is 0 Å². The van der Waals surface area contributed by atoms with Crippen molar-refractivity contribution in [2.45, 2.75) is 53.0 Å². The molecule has 0 aliphatic heterocycles. The van der Waals surface area contributed by atoms with E-state index in [2.05, 4.69) is 19.2 Å². The Morgan fingerprint density at radius 2 is 1.83 bits per heavy atom. The fourth-order valence-electron chi connectivity index (χ4n) is 1.22. The van der Waals surface area contributed by atoms with Gasteiger partial charge < -0.3 is 20.0 Å². The van der Waals surface area contributed by atoms with Crippen LogP contribution in [0.3, 0.4) is 0 Å². The first-order valence-corrected chi connectivity index (χ1v) is 6.74. The van der Waals surface area contributed by atoms with Crippen molar-refractivity contribution in [3.63, 3.8) is 0 Å². The minimum atomic E-state index is -0.373. The van der Waals surface area contributed by atoms with Crippen molar-refractivity contribution in [3.05, 3.63) is 0 Å². The Kier molecular flexibility index (Phi) is 11.7. The molecule has 5 heteroatoms. The van der Waals surface area contributed by atoms with Gasteiger partial charge in [-0.15, -0.1) is 0 Å². The smallest absolute Gasteiger partial charge is 0.413 e. The molecule has 0 rings (SSSR count). The molecule has 0 aromatic carbocycles. The van der Waals surface area contributed by atoms with Gasteiger partial charge in [0, 0.05) is 19.5 Å². The highest BCUT2D eigenvalue weighted by atomic mass is 16.6. The zero-order valence-corrected chi connectivity index (χ0v) is 13.3. The second kappa shape index (κ2) is 10.5. The van der Waals surface area contributed by atoms with Crippen molar-refractivity contribution >= 4 is 13.3 Å². The standard InChI is InChI=1S/C11H25BN2O2.C2H6/c1-9(2)11(3,4)16-12(15-6)10(7-13)8-14-5;1-2/h7,9-10,13-14H,8H2,1-6H3;1-2H3. The average molecular weight is 258 g/mol. The normalized spacial score (nSPS) is 12.7. The van der Waals surface area contributed by atoms with Crippen LogP contribution in [0.1, 0.15) is 41.5 Å². The molecule has 0 saturated heterocycles. The summed E-state index contributed by atoms with van der Waals surface area (Å²) < 4.78 is 11.3. The van der Waals surface area contributed by atoms with Crippen molar-refractivity contribution < 1.29 is 9.31 Å². The Morgan fingerprint density at radius 3 is 2.11 bits per heavy atom. The maximum atomic E-state index is 7.39. The van der Waals surface area contributed by atoms with Gasteiger partial charge in [-0.2, -0.15) is 0 Å². The molecule has 0 saturated carbocycles. The summed E-state index contributed by atoms with van der Waals surface area (Å²) >= 11 is 0. The third-order valence-electron chi connectivity index (χ3n) is 3.05. The molecule has 0 aromatic rings. The van der Waals surface area contributed by atoms with Gasteiger partial charge in [0.05, 0.1) is 5.60 Å². The largest absolute Gasteiger partial charge is 0.467 e. The van der Waals surface area contributed by atoms with E-state index in [1.165, 1.54) is 6.21 Å². The maximum Gasteiger partial charge on any atom is 0.467 e. The number of hydrogen-bond acceptors (Lipinski definition) is 4. The fraction of sp³-hybridized carbons (Fsp3) is 0.923. The monoisotopic (exact) mass is 258 g/mol. The topological polar surface area (TPSA) is 54.3 Å². The van der Waals surface area contributed by atoms with Crippen molar-refractivity contribution in [2.24, 2.45) is 5.92 Å². The van der Waals surface area contributed by atoms with E-state index in [0.29, 0.717) is 12.5 Å². The highest BCUT2D eigenvalue weighted by Gasteiger charge is 2.35. The Labute approximate surface area is 113 Å². The molecule has 0 bridgehead atoms. The van der Waals surface area contributed by atoms with Gasteiger partial charge in [-0.3, -0.25) is 0 Å². The van der Waals surface area contributed by atoms with Crippen molar-refractivity contribution in [1.29, 1.82) is 5.41 Å². The molecule has 18 heavy (non-hydrogen) atoms. The second-order valence-corrected chi connectivity index (χ2v) is 4.87. The second-order valence-electron chi connectivity index (χ2n) is 4.87. The summed E-state index contributed by atoms with van der Waals surface area (Å²) in [4.78, 5) is 0. The molecule has 0 aliphatic carbocycles. The fourth-order valence-corrected chi connectivity index (χ4v) is 1.22. The average Bonchev–Trinajstić information content (AvgIpc) is 2.35. The lowest BCUT2D eigenvalue weighted by atomic mass is 9.71. The summed E-state index contributed by atoms with van der Waals surface area (Å²) in [6, 6.07) is 0. The Bertz CT molecular complexity index is 211. The van der Waals surface area contributed by atoms with Crippen molar-refractivity contribution in [3.8, 4) is 0 Å².